The van der Waals surface area contributed by atoms with Crippen LogP contribution in [0.2, 0.25) is 0 Å². The fourth-order valence-corrected chi connectivity index (χ4v) is 1.33. The lowest BCUT2D eigenvalue weighted by atomic mass is 10.1. The van der Waals surface area contributed by atoms with Crippen molar-refractivity contribution in [3.05, 3.63) is 0 Å². The lowest BCUT2D eigenvalue weighted by molar-refractivity contribution is 0.123. The summed E-state index contributed by atoms with van der Waals surface area (Å²) in [4.78, 5) is 0. The molecule has 1 nitrogen and oxygen atoms in total. The van der Waals surface area contributed by atoms with E-state index in [0.29, 0.717) is 11.8 Å². The van der Waals surface area contributed by atoms with Gasteiger partial charge in [0.25, 0.3) is 0 Å². The molecule has 54 valence electrons. The normalized spacial score (nSPS) is 41.0. The summed E-state index contributed by atoms with van der Waals surface area (Å²) in [5.41, 5.74) is -0.325. The number of halogens is 1. The van der Waals surface area contributed by atoms with E-state index in [2.05, 4.69) is 6.92 Å². The van der Waals surface area contributed by atoms with Crippen LogP contribution in [-0.4, -0.2) is 16.6 Å². The summed E-state index contributed by atoms with van der Waals surface area (Å²) >= 11 is 5.47. The highest BCUT2D eigenvalue weighted by Gasteiger charge is 2.48. The van der Waals surface area contributed by atoms with Crippen LogP contribution in [0.15, 0.2) is 0 Å². The first-order chi connectivity index (χ1) is 4.19. The molecule has 2 heteroatoms. The fraction of sp³-hybridized carbons (Fsp3) is 1.00. The predicted octanol–water partition coefficient (Wildman–Crippen LogP) is 1.78. The van der Waals surface area contributed by atoms with Crippen LogP contribution < -0.4 is 0 Å². The highest BCUT2D eigenvalue weighted by Crippen LogP contribution is 2.46. The Labute approximate surface area is 61.0 Å². The van der Waals surface area contributed by atoms with Gasteiger partial charge in [-0.1, -0.05) is 6.92 Å². The van der Waals surface area contributed by atoms with Crippen LogP contribution in [0.3, 0.4) is 0 Å². The highest BCUT2D eigenvalue weighted by atomic mass is 35.5. The van der Waals surface area contributed by atoms with E-state index in [1.54, 1.807) is 0 Å². The maximum atomic E-state index is 9.47. The predicted molar refractivity (Wildman–Crippen MR) is 38.7 cm³/mol. The van der Waals surface area contributed by atoms with E-state index >= 15 is 0 Å². The second-order valence-electron chi connectivity index (χ2n) is 3.00. The van der Waals surface area contributed by atoms with E-state index in [1.807, 2.05) is 0 Å². The Kier molecular flexibility index (Phi) is 2.02. The molecular formula is C7H13ClO. The Morgan fingerprint density at radius 1 is 1.78 bits per heavy atom. The molecule has 0 amide bonds. The van der Waals surface area contributed by atoms with E-state index < -0.39 is 0 Å². The molecule has 0 bridgehead atoms. The lowest BCUT2D eigenvalue weighted by Gasteiger charge is -2.05. The summed E-state index contributed by atoms with van der Waals surface area (Å²) < 4.78 is 0. The molecule has 1 rings (SSSR count). The van der Waals surface area contributed by atoms with Crippen molar-refractivity contribution in [3.63, 3.8) is 0 Å². The van der Waals surface area contributed by atoms with E-state index in [4.69, 9.17) is 11.6 Å². The van der Waals surface area contributed by atoms with Crippen molar-refractivity contribution in [2.75, 3.05) is 5.88 Å². The van der Waals surface area contributed by atoms with Gasteiger partial charge < -0.3 is 5.11 Å². The van der Waals surface area contributed by atoms with Crippen molar-refractivity contribution in [2.45, 2.75) is 31.8 Å². The Morgan fingerprint density at radius 2 is 2.33 bits per heavy atom. The van der Waals surface area contributed by atoms with Crippen LogP contribution in [-0.2, 0) is 0 Å². The highest BCUT2D eigenvalue weighted by molar-refractivity contribution is 6.17. The van der Waals surface area contributed by atoms with Crippen LogP contribution in [0.1, 0.15) is 26.2 Å². The van der Waals surface area contributed by atoms with Crippen molar-refractivity contribution in [2.24, 2.45) is 5.92 Å². The lowest BCUT2D eigenvalue weighted by Crippen LogP contribution is -2.09. The van der Waals surface area contributed by atoms with Gasteiger partial charge in [-0.2, -0.15) is 0 Å². The molecule has 0 aromatic carbocycles. The zero-order valence-corrected chi connectivity index (χ0v) is 6.49. The number of hydrogen-bond acceptors (Lipinski definition) is 1. The van der Waals surface area contributed by atoms with E-state index in [9.17, 15) is 5.11 Å². The monoisotopic (exact) mass is 148 g/mol. The molecule has 1 aliphatic carbocycles. The number of alkyl halides is 1. The summed E-state index contributed by atoms with van der Waals surface area (Å²) in [7, 11) is 0. The SMILES string of the molecule is C[C@H]1C[C@@]1(O)CCCCl. The molecule has 1 saturated carbocycles. The first-order valence-corrected chi connectivity index (χ1v) is 4.01. The van der Waals surface area contributed by atoms with Crippen molar-refractivity contribution < 1.29 is 5.11 Å². The molecule has 0 aromatic rings. The number of rotatable bonds is 3. The summed E-state index contributed by atoms with van der Waals surface area (Å²) in [6, 6.07) is 0. The molecule has 1 fully saturated rings. The van der Waals surface area contributed by atoms with Crippen LogP contribution in [0.5, 0.6) is 0 Å². The van der Waals surface area contributed by atoms with Crippen molar-refractivity contribution in [3.8, 4) is 0 Å². The standard InChI is InChI=1S/C7H13ClO/c1-6-5-7(6,9)3-2-4-8/h6,9H,2-5H2,1H3/t6-,7-/m0/s1. The summed E-state index contributed by atoms with van der Waals surface area (Å²) in [5.74, 6) is 1.19. The summed E-state index contributed by atoms with van der Waals surface area (Å²) in [6.45, 7) is 2.08. The van der Waals surface area contributed by atoms with Crippen LogP contribution in [0.4, 0.5) is 0 Å². The third-order valence-corrected chi connectivity index (χ3v) is 2.43. The minimum atomic E-state index is -0.325. The second kappa shape index (κ2) is 2.47. The molecule has 0 aromatic heterocycles. The minimum absolute atomic E-state index is 0.325. The van der Waals surface area contributed by atoms with Gasteiger partial charge in [0, 0.05) is 5.88 Å². The minimum Gasteiger partial charge on any atom is -0.390 e. The van der Waals surface area contributed by atoms with Crippen LogP contribution in [0, 0.1) is 5.92 Å². The smallest absolute Gasteiger partial charge is 0.0678 e. The van der Waals surface area contributed by atoms with Gasteiger partial charge in [0.15, 0.2) is 0 Å². The van der Waals surface area contributed by atoms with Crippen molar-refractivity contribution >= 4 is 11.6 Å². The quantitative estimate of drug-likeness (QED) is 0.605. The van der Waals surface area contributed by atoms with E-state index in [-0.39, 0.29) is 5.60 Å². The first kappa shape index (κ1) is 7.36. The van der Waals surface area contributed by atoms with Gasteiger partial charge in [-0.05, 0) is 25.2 Å². The molecule has 2 atom stereocenters. The number of hydrogen-bond donors (Lipinski definition) is 1. The largest absolute Gasteiger partial charge is 0.390 e. The third-order valence-electron chi connectivity index (χ3n) is 2.16. The Balaban J connectivity index is 2.13. The molecule has 0 spiro atoms. The molecule has 9 heavy (non-hydrogen) atoms. The molecule has 1 aliphatic rings. The van der Waals surface area contributed by atoms with Gasteiger partial charge in [0.05, 0.1) is 5.60 Å². The first-order valence-electron chi connectivity index (χ1n) is 3.47. The van der Waals surface area contributed by atoms with Gasteiger partial charge in [-0.15, -0.1) is 11.6 Å². The van der Waals surface area contributed by atoms with Crippen LogP contribution >= 0.6 is 11.6 Å². The average Bonchev–Trinajstić information content (AvgIpc) is 2.38. The zero-order chi connectivity index (χ0) is 6.91. The van der Waals surface area contributed by atoms with Crippen molar-refractivity contribution in [1.82, 2.24) is 0 Å². The maximum absolute atomic E-state index is 9.47. The molecule has 0 saturated heterocycles. The zero-order valence-electron chi connectivity index (χ0n) is 5.73. The molecule has 0 unspecified atom stereocenters. The molecule has 0 aliphatic heterocycles. The maximum Gasteiger partial charge on any atom is 0.0678 e. The van der Waals surface area contributed by atoms with Crippen molar-refractivity contribution in [1.29, 1.82) is 0 Å². The van der Waals surface area contributed by atoms with Gasteiger partial charge >= 0.3 is 0 Å². The topological polar surface area (TPSA) is 20.2 Å². The Bertz CT molecular complexity index is 105. The van der Waals surface area contributed by atoms with E-state index in [1.165, 1.54) is 0 Å². The molecular weight excluding hydrogens is 136 g/mol. The van der Waals surface area contributed by atoms with Gasteiger partial charge in [0.2, 0.25) is 0 Å². The molecule has 0 heterocycles. The Morgan fingerprint density at radius 3 is 2.67 bits per heavy atom. The summed E-state index contributed by atoms with van der Waals surface area (Å²) in [5, 5.41) is 9.47. The van der Waals surface area contributed by atoms with E-state index in [0.717, 1.165) is 19.3 Å². The third kappa shape index (κ3) is 1.59. The summed E-state index contributed by atoms with van der Waals surface area (Å²) in [6.07, 6.45) is 2.81. The second-order valence-corrected chi connectivity index (χ2v) is 3.38. The number of aliphatic hydroxyl groups is 1. The fourth-order valence-electron chi connectivity index (χ4n) is 1.19. The van der Waals surface area contributed by atoms with Crippen LogP contribution in [0.25, 0.3) is 0 Å². The Hall–Kier alpha value is 0.250. The molecule has 1 N–H and O–H groups in total. The van der Waals surface area contributed by atoms with Gasteiger partial charge in [0.1, 0.15) is 0 Å². The van der Waals surface area contributed by atoms with Gasteiger partial charge in [-0.25, -0.2) is 0 Å². The molecule has 0 radical (unpaired) electrons. The van der Waals surface area contributed by atoms with Gasteiger partial charge in [-0.3, -0.25) is 0 Å². The average molecular weight is 149 g/mol.